The minimum Gasteiger partial charge on any atom is -0.482 e. The van der Waals surface area contributed by atoms with Gasteiger partial charge in [0.05, 0.1) is 6.61 Å². The number of unbranched alkanes of at least 4 members (excludes halogenated alkanes) is 1. The highest BCUT2D eigenvalue weighted by Gasteiger charge is 2.03. The van der Waals surface area contributed by atoms with Crippen molar-refractivity contribution in [3.63, 3.8) is 0 Å². The van der Waals surface area contributed by atoms with Crippen molar-refractivity contribution in [1.29, 1.82) is 0 Å². The molecule has 3 nitrogen and oxygen atoms in total. The van der Waals surface area contributed by atoms with Crippen LogP contribution < -0.4 is 4.74 Å². The normalized spacial score (nSPS) is 9.88. The van der Waals surface area contributed by atoms with Crippen molar-refractivity contribution in [2.24, 2.45) is 0 Å². The SMILES string of the molecule is CCCCOC(=O)COc1cccc(I)c1. The van der Waals surface area contributed by atoms with E-state index in [9.17, 15) is 4.79 Å². The van der Waals surface area contributed by atoms with Crippen LogP contribution >= 0.6 is 22.6 Å². The maximum absolute atomic E-state index is 11.2. The van der Waals surface area contributed by atoms with Gasteiger partial charge in [-0.15, -0.1) is 0 Å². The number of esters is 1. The van der Waals surface area contributed by atoms with Gasteiger partial charge in [0.2, 0.25) is 0 Å². The summed E-state index contributed by atoms with van der Waals surface area (Å²) in [6, 6.07) is 7.55. The molecule has 0 radical (unpaired) electrons. The molecule has 0 N–H and O–H groups in total. The van der Waals surface area contributed by atoms with Crippen LogP contribution in [0, 0.1) is 3.57 Å². The van der Waals surface area contributed by atoms with Crippen LogP contribution in [0.1, 0.15) is 19.8 Å². The first-order chi connectivity index (χ1) is 7.72. The van der Waals surface area contributed by atoms with Crippen LogP contribution in [0.4, 0.5) is 0 Å². The lowest BCUT2D eigenvalue weighted by Crippen LogP contribution is -2.15. The van der Waals surface area contributed by atoms with Crippen LogP contribution in [0.5, 0.6) is 5.75 Å². The molecule has 0 unspecified atom stereocenters. The Labute approximate surface area is 109 Å². The quantitative estimate of drug-likeness (QED) is 0.456. The van der Waals surface area contributed by atoms with Crippen LogP contribution in [0.15, 0.2) is 24.3 Å². The van der Waals surface area contributed by atoms with Gasteiger partial charge in [-0.2, -0.15) is 0 Å². The summed E-state index contributed by atoms with van der Waals surface area (Å²) < 4.78 is 11.3. The second kappa shape index (κ2) is 7.49. The van der Waals surface area contributed by atoms with Gasteiger partial charge in [0, 0.05) is 3.57 Å². The molecule has 1 aromatic rings. The maximum Gasteiger partial charge on any atom is 0.344 e. The topological polar surface area (TPSA) is 35.5 Å². The lowest BCUT2D eigenvalue weighted by atomic mass is 10.3. The van der Waals surface area contributed by atoms with Gasteiger partial charge in [-0.25, -0.2) is 4.79 Å². The van der Waals surface area contributed by atoms with E-state index < -0.39 is 0 Å². The number of halogens is 1. The lowest BCUT2D eigenvalue weighted by Gasteiger charge is -2.06. The molecule has 0 heterocycles. The second-order valence-electron chi connectivity index (χ2n) is 3.32. The molecule has 88 valence electrons. The van der Waals surface area contributed by atoms with Crippen molar-refractivity contribution < 1.29 is 14.3 Å². The average Bonchev–Trinajstić information content (AvgIpc) is 2.27. The molecule has 0 bridgehead atoms. The molecule has 0 saturated carbocycles. The van der Waals surface area contributed by atoms with Crippen molar-refractivity contribution in [1.82, 2.24) is 0 Å². The summed E-state index contributed by atoms with van der Waals surface area (Å²) >= 11 is 2.19. The first-order valence-corrected chi connectivity index (χ1v) is 6.34. The summed E-state index contributed by atoms with van der Waals surface area (Å²) in [5.74, 6) is 0.381. The third-order valence-corrected chi connectivity index (χ3v) is 2.58. The highest BCUT2D eigenvalue weighted by molar-refractivity contribution is 14.1. The summed E-state index contributed by atoms with van der Waals surface area (Å²) in [6.45, 7) is 2.51. The highest BCUT2D eigenvalue weighted by atomic mass is 127. The molecule has 0 spiro atoms. The number of carbonyl (C=O) groups excluding carboxylic acids is 1. The Bertz CT molecular complexity index is 339. The van der Waals surface area contributed by atoms with Crippen molar-refractivity contribution >= 4 is 28.6 Å². The van der Waals surface area contributed by atoms with Gasteiger partial charge in [-0.05, 0) is 47.2 Å². The molecule has 16 heavy (non-hydrogen) atoms. The van der Waals surface area contributed by atoms with E-state index in [2.05, 4.69) is 29.5 Å². The van der Waals surface area contributed by atoms with Crippen molar-refractivity contribution in [3.8, 4) is 5.75 Å². The molecule has 0 fully saturated rings. The molecule has 0 aromatic heterocycles. The molecule has 0 atom stereocenters. The Kier molecular flexibility index (Phi) is 6.22. The van der Waals surface area contributed by atoms with Crippen LogP contribution in [0.2, 0.25) is 0 Å². The molecule has 1 rings (SSSR count). The van der Waals surface area contributed by atoms with E-state index in [4.69, 9.17) is 9.47 Å². The molecular weight excluding hydrogens is 319 g/mol. The summed E-state index contributed by atoms with van der Waals surface area (Å²) in [4.78, 5) is 11.2. The summed E-state index contributed by atoms with van der Waals surface area (Å²) in [5, 5.41) is 0. The van der Waals surface area contributed by atoms with Gasteiger partial charge >= 0.3 is 5.97 Å². The fourth-order valence-electron chi connectivity index (χ4n) is 1.07. The van der Waals surface area contributed by atoms with Crippen LogP contribution in [0.25, 0.3) is 0 Å². The molecule has 0 saturated heterocycles. The van der Waals surface area contributed by atoms with Gasteiger partial charge in [0.25, 0.3) is 0 Å². The standard InChI is InChI=1S/C12H15IO3/c1-2-3-7-15-12(14)9-16-11-6-4-5-10(13)8-11/h4-6,8H,2-3,7,9H2,1H3. The van der Waals surface area contributed by atoms with Crippen LogP contribution in [0.3, 0.4) is 0 Å². The first-order valence-electron chi connectivity index (χ1n) is 5.26. The van der Waals surface area contributed by atoms with Crippen molar-refractivity contribution in [2.75, 3.05) is 13.2 Å². The molecular formula is C12H15IO3. The third kappa shape index (κ3) is 5.34. The zero-order chi connectivity index (χ0) is 11.8. The number of hydrogen-bond acceptors (Lipinski definition) is 3. The number of carbonyl (C=O) groups is 1. The van der Waals surface area contributed by atoms with E-state index >= 15 is 0 Å². The maximum atomic E-state index is 11.2. The Balaban J connectivity index is 2.26. The van der Waals surface area contributed by atoms with E-state index in [0.717, 1.165) is 16.4 Å². The minimum atomic E-state index is -0.313. The Hall–Kier alpha value is -0.780. The van der Waals surface area contributed by atoms with Crippen molar-refractivity contribution in [3.05, 3.63) is 27.8 Å². The van der Waals surface area contributed by atoms with Crippen LogP contribution in [-0.2, 0) is 9.53 Å². The summed E-state index contributed by atoms with van der Waals surface area (Å²) in [5.41, 5.74) is 0. The molecule has 0 aliphatic heterocycles. The number of benzene rings is 1. The van der Waals surface area contributed by atoms with Gasteiger partial charge in [-0.3, -0.25) is 0 Å². The van der Waals surface area contributed by atoms with E-state index in [1.54, 1.807) is 0 Å². The molecule has 1 aromatic carbocycles. The summed E-state index contributed by atoms with van der Waals surface area (Å²) in [6.07, 6.45) is 1.92. The zero-order valence-corrected chi connectivity index (χ0v) is 11.4. The smallest absolute Gasteiger partial charge is 0.344 e. The number of rotatable bonds is 6. The molecule has 0 amide bonds. The Morgan fingerprint density at radius 3 is 2.94 bits per heavy atom. The second-order valence-corrected chi connectivity index (χ2v) is 4.57. The molecule has 0 aliphatic carbocycles. The largest absolute Gasteiger partial charge is 0.482 e. The van der Waals surface area contributed by atoms with Gasteiger partial charge in [0.1, 0.15) is 5.75 Å². The fraction of sp³-hybridized carbons (Fsp3) is 0.417. The monoisotopic (exact) mass is 334 g/mol. The third-order valence-electron chi connectivity index (χ3n) is 1.91. The van der Waals surface area contributed by atoms with E-state index in [0.29, 0.717) is 12.4 Å². The van der Waals surface area contributed by atoms with E-state index in [-0.39, 0.29) is 12.6 Å². The predicted molar refractivity (Wildman–Crippen MR) is 70.5 cm³/mol. The van der Waals surface area contributed by atoms with Gasteiger partial charge < -0.3 is 9.47 Å². The van der Waals surface area contributed by atoms with Crippen molar-refractivity contribution in [2.45, 2.75) is 19.8 Å². The Morgan fingerprint density at radius 2 is 2.25 bits per heavy atom. The fourth-order valence-corrected chi connectivity index (χ4v) is 1.59. The average molecular weight is 334 g/mol. The van der Waals surface area contributed by atoms with Gasteiger partial charge in [-0.1, -0.05) is 19.4 Å². The van der Waals surface area contributed by atoms with E-state index in [1.165, 1.54) is 0 Å². The van der Waals surface area contributed by atoms with E-state index in [1.807, 2.05) is 24.3 Å². The Morgan fingerprint density at radius 1 is 1.44 bits per heavy atom. The zero-order valence-electron chi connectivity index (χ0n) is 9.24. The first kappa shape index (κ1) is 13.3. The highest BCUT2D eigenvalue weighted by Crippen LogP contribution is 2.14. The number of hydrogen-bond donors (Lipinski definition) is 0. The summed E-state index contributed by atoms with van der Waals surface area (Å²) in [7, 11) is 0. The lowest BCUT2D eigenvalue weighted by molar-refractivity contribution is -0.146. The van der Waals surface area contributed by atoms with Crippen LogP contribution in [-0.4, -0.2) is 19.2 Å². The number of ether oxygens (including phenoxy) is 2. The van der Waals surface area contributed by atoms with Gasteiger partial charge in [0.15, 0.2) is 6.61 Å². The minimum absolute atomic E-state index is 0.0240. The predicted octanol–water partition coefficient (Wildman–Crippen LogP) is 3.01. The molecule has 4 heteroatoms. The molecule has 0 aliphatic rings.